The lowest BCUT2D eigenvalue weighted by Gasteiger charge is -2.12. The summed E-state index contributed by atoms with van der Waals surface area (Å²) in [4.78, 5) is 4.43. The standard InChI is InChI=1S/C21H14Cl4N2/c22-15-2-6-17(7-3-15)26-12-11-21(14-1-10-19(24)20(25)13-14)27-18-8-4-16(23)5-9-18/h1-13,27H. The number of allylic oxidation sites excluding steroid dienone is 1. The van der Waals surface area contributed by atoms with Crippen LogP contribution in [0.1, 0.15) is 5.56 Å². The van der Waals surface area contributed by atoms with Gasteiger partial charge in [-0.3, -0.25) is 4.99 Å². The fourth-order valence-corrected chi connectivity index (χ4v) is 2.84. The number of hydrogen-bond donors (Lipinski definition) is 1. The Bertz CT molecular complexity index is 978. The van der Waals surface area contributed by atoms with Crippen molar-refractivity contribution < 1.29 is 0 Å². The van der Waals surface area contributed by atoms with Gasteiger partial charge < -0.3 is 5.32 Å². The second-order valence-corrected chi connectivity index (χ2v) is 7.28. The molecule has 0 radical (unpaired) electrons. The first-order chi connectivity index (χ1) is 13.0. The third kappa shape index (κ3) is 5.75. The van der Waals surface area contributed by atoms with Gasteiger partial charge in [0, 0.05) is 27.6 Å². The van der Waals surface area contributed by atoms with Gasteiger partial charge in [-0.2, -0.15) is 0 Å². The second kappa shape index (κ2) is 9.29. The number of aliphatic imine (C=N–C) groups is 1. The molecule has 2 nitrogen and oxygen atoms in total. The van der Waals surface area contributed by atoms with E-state index in [1.807, 2.05) is 48.5 Å². The molecule has 0 unspecified atom stereocenters. The van der Waals surface area contributed by atoms with Gasteiger partial charge in [0.25, 0.3) is 0 Å². The predicted octanol–water partition coefficient (Wildman–Crippen LogP) is 8.16. The number of nitrogens with one attached hydrogen (secondary N) is 1. The van der Waals surface area contributed by atoms with Gasteiger partial charge in [0.05, 0.1) is 15.7 Å². The third-order valence-electron chi connectivity index (χ3n) is 3.65. The molecular formula is C21H14Cl4N2. The van der Waals surface area contributed by atoms with Crippen molar-refractivity contribution in [3.63, 3.8) is 0 Å². The predicted molar refractivity (Wildman–Crippen MR) is 119 cm³/mol. The average molecular weight is 436 g/mol. The van der Waals surface area contributed by atoms with Gasteiger partial charge in [0.2, 0.25) is 0 Å². The maximum absolute atomic E-state index is 6.18. The summed E-state index contributed by atoms with van der Waals surface area (Å²) >= 11 is 24.1. The Morgan fingerprint density at radius 1 is 0.741 bits per heavy atom. The van der Waals surface area contributed by atoms with Crippen LogP contribution in [0.15, 0.2) is 77.8 Å². The summed E-state index contributed by atoms with van der Waals surface area (Å²) in [5.74, 6) is 0. The third-order valence-corrected chi connectivity index (χ3v) is 4.89. The van der Waals surface area contributed by atoms with Crippen LogP contribution in [-0.4, -0.2) is 6.21 Å². The molecule has 0 aliphatic heterocycles. The minimum Gasteiger partial charge on any atom is -0.355 e. The van der Waals surface area contributed by atoms with Crippen LogP contribution in [0, 0.1) is 0 Å². The number of halogens is 4. The van der Waals surface area contributed by atoms with Crippen LogP contribution >= 0.6 is 46.4 Å². The Balaban J connectivity index is 1.91. The van der Waals surface area contributed by atoms with Crippen LogP contribution < -0.4 is 5.32 Å². The molecule has 0 aliphatic rings. The molecule has 1 N–H and O–H groups in total. The first kappa shape index (κ1) is 19.8. The number of rotatable bonds is 5. The van der Waals surface area contributed by atoms with Crippen molar-refractivity contribution in [2.45, 2.75) is 0 Å². The van der Waals surface area contributed by atoms with Crippen molar-refractivity contribution in [3.8, 4) is 0 Å². The summed E-state index contributed by atoms with van der Waals surface area (Å²) in [6.45, 7) is 0. The summed E-state index contributed by atoms with van der Waals surface area (Å²) < 4.78 is 0. The lowest BCUT2D eigenvalue weighted by atomic mass is 10.1. The zero-order valence-corrected chi connectivity index (χ0v) is 17.0. The largest absolute Gasteiger partial charge is 0.355 e. The molecular weight excluding hydrogens is 422 g/mol. The monoisotopic (exact) mass is 434 g/mol. The van der Waals surface area contributed by atoms with E-state index in [1.165, 1.54) is 0 Å². The molecule has 0 bridgehead atoms. The molecule has 3 rings (SSSR count). The van der Waals surface area contributed by atoms with Gasteiger partial charge in [-0.25, -0.2) is 0 Å². The molecule has 0 saturated heterocycles. The fraction of sp³-hybridized carbons (Fsp3) is 0. The Hall–Kier alpha value is -1.97. The molecule has 3 aromatic rings. The van der Waals surface area contributed by atoms with E-state index in [0.717, 1.165) is 22.6 Å². The summed E-state index contributed by atoms with van der Waals surface area (Å²) in [5.41, 5.74) is 3.38. The molecule has 0 amide bonds. The molecule has 0 heterocycles. The lowest BCUT2D eigenvalue weighted by Crippen LogP contribution is -1.99. The van der Waals surface area contributed by atoms with Crippen molar-refractivity contribution in [1.82, 2.24) is 0 Å². The van der Waals surface area contributed by atoms with E-state index in [1.54, 1.807) is 30.5 Å². The van der Waals surface area contributed by atoms with E-state index in [2.05, 4.69) is 10.3 Å². The Morgan fingerprint density at radius 2 is 1.37 bits per heavy atom. The van der Waals surface area contributed by atoms with Gasteiger partial charge in [-0.1, -0.05) is 52.5 Å². The van der Waals surface area contributed by atoms with Crippen LogP contribution in [0.3, 0.4) is 0 Å². The minimum absolute atomic E-state index is 0.479. The molecule has 0 fully saturated rings. The van der Waals surface area contributed by atoms with Crippen molar-refractivity contribution in [2.24, 2.45) is 4.99 Å². The Morgan fingerprint density at radius 3 is 2.00 bits per heavy atom. The highest BCUT2D eigenvalue weighted by Crippen LogP contribution is 2.27. The maximum Gasteiger partial charge on any atom is 0.0630 e. The van der Waals surface area contributed by atoms with Gasteiger partial charge in [-0.15, -0.1) is 0 Å². The van der Waals surface area contributed by atoms with Crippen molar-refractivity contribution >= 4 is 69.7 Å². The SMILES string of the molecule is Clc1ccc(N=CC=C(Nc2ccc(Cl)cc2)c2ccc(Cl)c(Cl)c2)cc1. The molecule has 136 valence electrons. The van der Waals surface area contributed by atoms with E-state index in [0.29, 0.717) is 20.1 Å². The number of hydrogen-bond acceptors (Lipinski definition) is 2. The summed E-state index contributed by atoms with van der Waals surface area (Å²) in [5, 5.41) is 5.68. The number of anilines is 1. The first-order valence-electron chi connectivity index (χ1n) is 7.99. The van der Waals surface area contributed by atoms with Crippen LogP contribution in [0.2, 0.25) is 20.1 Å². The van der Waals surface area contributed by atoms with E-state index < -0.39 is 0 Å². The van der Waals surface area contributed by atoms with Crippen molar-refractivity contribution in [1.29, 1.82) is 0 Å². The summed E-state index contributed by atoms with van der Waals surface area (Å²) in [7, 11) is 0. The van der Waals surface area contributed by atoms with Crippen LogP contribution in [0.25, 0.3) is 5.70 Å². The normalized spacial score (nSPS) is 11.8. The van der Waals surface area contributed by atoms with E-state index in [4.69, 9.17) is 46.4 Å². The first-order valence-corrected chi connectivity index (χ1v) is 9.50. The maximum atomic E-state index is 6.18. The van der Waals surface area contributed by atoms with Gasteiger partial charge >= 0.3 is 0 Å². The highest BCUT2D eigenvalue weighted by molar-refractivity contribution is 6.42. The smallest absolute Gasteiger partial charge is 0.0630 e. The molecule has 6 heteroatoms. The van der Waals surface area contributed by atoms with Gasteiger partial charge in [0.15, 0.2) is 0 Å². The van der Waals surface area contributed by atoms with Gasteiger partial charge in [0.1, 0.15) is 0 Å². The van der Waals surface area contributed by atoms with E-state index in [9.17, 15) is 0 Å². The molecule has 0 aromatic heterocycles. The Labute approximate surface area is 178 Å². The highest BCUT2D eigenvalue weighted by atomic mass is 35.5. The molecule has 27 heavy (non-hydrogen) atoms. The zero-order chi connectivity index (χ0) is 19.2. The fourth-order valence-electron chi connectivity index (χ4n) is 2.29. The number of nitrogens with zero attached hydrogens (tertiary/aromatic N) is 1. The topological polar surface area (TPSA) is 24.4 Å². The van der Waals surface area contributed by atoms with Crippen LogP contribution in [0.4, 0.5) is 11.4 Å². The highest BCUT2D eigenvalue weighted by Gasteiger charge is 2.05. The van der Waals surface area contributed by atoms with Crippen LogP contribution in [-0.2, 0) is 0 Å². The average Bonchev–Trinajstić information content (AvgIpc) is 2.66. The van der Waals surface area contributed by atoms with E-state index >= 15 is 0 Å². The summed E-state index contributed by atoms with van der Waals surface area (Å²) in [6, 6.07) is 20.1. The molecule has 3 aromatic carbocycles. The Kier molecular flexibility index (Phi) is 6.81. The summed E-state index contributed by atoms with van der Waals surface area (Å²) in [6.07, 6.45) is 3.58. The molecule has 0 spiro atoms. The minimum atomic E-state index is 0.479. The molecule has 0 aliphatic carbocycles. The zero-order valence-electron chi connectivity index (χ0n) is 14.0. The van der Waals surface area contributed by atoms with Crippen molar-refractivity contribution in [2.75, 3.05) is 5.32 Å². The van der Waals surface area contributed by atoms with E-state index in [-0.39, 0.29) is 0 Å². The lowest BCUT2D eigenvalue weighted by molar-refractivity contribution is 1.52. The van der Waals surface area contributed by atoms with Crippen molar-refractivity contribution in [3.05, 3.63) is 98.5 Å². The van der Waals surface area contributed by atoms with Crippen LogP contribution in [0.5, 0.6) is 0 Å². The second-order valence-electron chi connectivity index (χ2n) is 5.60. The molecule has 0 saturated carbocycles. The van der Waals surface area contributed by atoms with Gasteiger partial charge in [-0.05, 0) is 72.3 Å². The molecule has 0 atom stereocenters. The number of benzene rings is 3. The quantitative estimate of drug-likeness (QED) is 0.401.